The zero-order valence-corrected chi connectivity index (χ0v) is 20.1. The van der Waals surface area contributed by atoms with Crippen molar-refractivity contribution in [2.24, 2.45) is 7.05 Å². The third-order valence-electron chi connectivity index (χ3n) is 6.93. The number of methoxy groups -OCH3 is 1. The molecular weight excluding hydrogens is 440 g/mol. The first-order valence-electron chi connectivity index (χ1n) is 12.1. The minimum Gasteiger partial charge on any atom is -0.496 e. The van der Waals surface area contributed by atoms with Crippen LogP contribution in [0.4, 0.5) is 5.95 Å². The maximum absolute atomic E-state index is 11.9. The Morgan fingerprint density at radius 3 is 2.77 bits per heavy atom. The molecule has 0 saturated carbocycles. The molecule has 0 radical (unpaired) electrons. The fraction of sp³-hybridized carbons (Fsp3) is 0.321. The number of nitrogens with zero attached hydrogens (tertiary/aromatic N) is 4. The number of carbonyl (C=O) groups is 1. The van der Waals surface area contributed by atoms with E-state index < -0.39 is 5.97 Å². The van der Waals surface area contributed by atoms with Crippen LogP contribution in [0.25, 0.3) is 10.9 Å². The summed E-state index contributed by atoms with van der Waals surface area (Å²) in [5, 5.41) is 11.0. The van der Waals surface area contributed by atoms with Crippen molar-refractivity contribution in [2.75, 3.05) is 18.6 Å². The molecule has 1 aliphatic rings. The van der Waals surface area contributed by atoms with E-state index in [2.05, 4.69) is 52.0 Å². The standard InChI is InChI=1S/C28H30N4O3/c1-31-18-19(20-10-3-5-13-24(20)31)9-7-12-23-22(27(33)34)17-29-28(30-23)32-16-8-14-25(32)21-11-4-6-15-26(21)35-2/h3-6,10-11,13,15,17-18,25H,7-9,12,14,16H2,1-2H3,(H,33,34). The molecule has 1 unspecified atom stereocenters. The van der Waals surface area contributed by atoms with E-state index >= 15 is 0 Å². The van der Waals surface area contributed by atoms with Gasteiger partial charge in [0, 0.05) is 42.5 Å². The van der Waals surface area contributed by atoms with Crippen molar-refractivity contribution in [3.63, 3.8) is 0 Å². The van der Waals surface area contributed by atoms with Crippen LogP contribution in [0.1, 0.15) is 52.5 Å². The maximum Gasteiger partial charge on any atom is 0.339 e. The first-order chi connectivity index (χ1) is 17.1. The number of ether oxygens (including phenoxy) is 1. The summed E-state index contributed by atoms with van der Waals surface area (Å²) in [7, 11) is 3.74. The van der Waals surface area contributed by atoms with Gasteiger partial charge in [0.1, 0.15) is 5.75 Å². The second kappa shape index (κ2) is 9.78. The van der Waals surface area contributed by atoms with E-state index in [1.54, 1.807) is 7.11 Å². The fourth-order valence-electron chi connectivity index (χ4n) is 5.26. The lowest BCUT2D eigenvalue weighted by atomic mass is 10.0. The predicted octanol–water partition coefficient (Wildman–Crippen LogP) is 5.19. The molecule has 180 valence electrons. The van der Waals surface area contributed by atoms with Crippen LogP contribution in [0.2, 0.25) is 0 Å². The SMILES string of the molecule is COc1ccccc1C1CCCN1c1ncc(C(=O)O)c(CCCc2cn(C)c3ccccc23)n1. The van der Waals surface area contributed by atoms with Crippen molar-refractivity contribution in [1.29, 1.82) is 0 Å². The number of aryl methyl sites for hydroxylation is 3. The summed E-state index contributed by atoms with van der Waals surface area (Å²) in [6.45, 7) is 0.824. The highest BCUT2D eigenvalue weighted by molar-refractivity contribution is 5.88. The van der Waals surface area contributed by atoms with Crippen LogP contribution in [0.15, 0.2) is 60.9 Å². The molecule has 2 aromatic heterocycles. The normalized spacial score (nSPS) is 15.6. The molecule has 7 heteroatoms. The molecule has 4 aromatic rings. The molecule has 3 heterocycles. The van der Waals surface area contributed by atoms with Gasteiger partial charge in [0.05, 0.1) is 24.4 Å². The van der Waals surface area contributed by atoms with Gasteiger partial charge in [-0.2, -0.15) is 0 Å². The van der Waals surface area contributed by atoms with Crippen molar-refractivity contribution < 1.29 is 14.6 Å². The second-order valence-electron chi connectivity index (χ2n) is 9.06. The summed E-state index contributed by atoms with van der Waals surface area (Å²) in [5.41, 5.74) is 4.35. The molecule has 0 amide bonds. The van der Waals surface area contributed by atoms with Gasteiger partial charge in [0.15, 0.2) is 0 Å². The molecule has 1 aliphatic heterocycles. The van der Waals surface area contributed by atoms with E-state index in [1.165, 1.54) is 22.7 Å². The smallest absolute Gasteiger partial charge is 0.339 e. The average molecular weight is 471 g/mol. The van der Waals surface area contributed by atoms with E-state index in [9.17, 15) is 9.90 Å². The van der Waals surface area contributed by atoms with Gasteiger partial charge in [-0.1, -0.05) is 36.4 Å². The maximum atomic E-state index is 11.9. The van der Waals surface area contributed by atoms with Crippen LogP contribution in [0.3, 0.4) is 0 Å². The minimum absolute atomic E-state index is 0.102. The third-order valence-corrected chi connectivity index (χ3v) is 6.93. The minimum atomic E-state index is -0.987. The van der Waals surface area contributed by atoms with Crippen molar-refractivity contribution in [3.05, 3.63) is 83.3 Å². The van der Waals surface area contributed by atoms with Gasteiger partial charge in [-0.3, -0.25) is 0 Å². The molecule has 1 N–H and O–H groups in total. The van der Waals surface area contributed by atoms with E-state index in [4.69, 9.17) is 9.72 Å². The first-order valence-corrected chi connectivity index (χ1v) is 12.1. The van der Waals surface area contributed by atoms with Gasteiger partial charge >= 0.3 is 5.97 Å². The molecule has 7 nitrogen and oxygen atoms in total. The van der Waals surface area contributed by atoms with E-state index in [0.717, 1.165) is 43.5 Å². The summed E-state index contributed by atoms with van der Waals surface area (Å²) < 4.78 is 7.74. The molecule has 1 atom stereocenters. The van der Waals surface area contributed by atoms with Crippen LogP contribution in [0, 0.1) is 0 Å². The highest BCUT2D eigenvalue weighted by Crippen LogP contribution is 2.38. The molecule has 35 heavy (non-hydrogen) atoms. The zero-order valence-electron chi connectivity index (χ0n) is 20.1. The van der Waals surface area contributed by atoms with E-state index in [-0.39, 0.29) is 11.6 Å². The number of carboxylic acid groups (broad SMARTS) is 1. The highest BCUT2D eigenvalue weighted by atomic mass is 16.5. The van der Waals surface area contributed by atoms with Gasteiger partial charge in [0.2, 0.25) is 5.95 Å². The first kappa shape index (κ1) is 22.9. The number of hydrogen-bond acceptors (Lipinski definition) is 5. The molecule has 5 rings (SSSR count). The van der Waals surface area contributed by atoms with Crippen LogP contribution >= 0.6 is 0 Å². The van der Waals surface area contributed by atoms with Crippen molar-refractivity contribution in [2.45, 2.75) is 38.1 Å². The zero-order chi connectivity index (χ0) is 24.4. The summed E-state index contributed by atoms with van der Waals surface area (Å²) in [4.78, 5) is 23.4. The molecule has 1 fully saturated rings. The number of carboxylic acids is 1. The third kappa shape index (κ3) is 4.46. The van der Waals surface area contributed by atoms with Gasteiger partial charge in [-0.15, -0.1) is 0 Å². The Morgan fingerprint density at radius 2 is 1.94 bits per heavy atom. The summed E-state index contributed by atoms with van der Waals surface area (Å²) >= 11 is 0. The lowest BCUT2D eigenvalue weighted by Crippen LogP contribution is -2.26. The Morgan fingerprint density at radius 1 is 1.14 bits per heavy atom. The second-order valence-corrected chi connectivity index (χ2v) is 9.06. The number of fused-ring (bicyclic) bond motifs is 1. The van der Waals surface area contributed by atoms with Crippen molar-refractivity contribution in [3.8, 4) is 5.75 Å². The molecular formula is C28H30N4O3. The number of benzene rings is 2. The summed E-state index contributed by atoms with van der Waals surface area (Å²) in [5.74, 6) is 0.449. The van der Waals surface area contributed by atoms with E-state index in [0.29, 0.717) is 18.1 Å². The van der Waals surface area contributed by atoms with Gasteiger partial charge < -0.3 is 19.3 Å². The Kier molecular flexibility index (Phi) is 6.40. The van der Waals surface area contributed by atoms with Gasteiger partial charge in [-0.25, -0.2) is 14.8 Å². The Labute approximate surface area is 205 Å². The Hall–Kier alpha value is -3.87. The Bertz CT molecular complexity index is 1360. The lowest BCUT2D eigenvalue weighted by molar-refractivity contribution is 0.0694. The van der Waals surface area contributed by atoms with Crippen LogP contribution in [-0.4, -0.2) is 39.3 Å². The van der Waals surface area contributed by atoms with Gasteiger partial charge in [-0.05, 0) is 49.8 Å². The van der Waals surface area contributed by atoms with Crippen LogP contribution in [0.5, 0.6) is 5.75 Å². The largest absolute Gasteiger partial charge is 0.496 e. The van der Waals surface area contributed by atoms with Crippen molar-refractivity contribution >= 4 is 22.8 Å². The molecule has 0 aliphatic carbocycles. The number of aromatic carboxylic acids is 1. The fourth-order valence-corrected chi connectivity index (χ4v) is 5.26. The lowest BCUT2D eigenvalue weighted by Gasteiger charge is -2.26. The number of rotatable bonds is 8. The predicted molar refractivity (Wildman–Crippen MR) is 136 cm³/mol. The molecule has 2 aromatic carbocycles. The summed E-state index contributed by atoms with van der Waals surface area (Å²) in [6, 6.07) is 16.5. The average Bonchev–Trinajstić information content (AvgIpc) is 3.49. The van der Waals surface area contributed by atoms with Crippen LogP contribution < -0.4 is 9.64 Å². The molecule has 0 bridgehead atoms. The van der Waals surface area contributed by atoms with Gasteiger partial charge in [0.25, 0.3) is 0 Å². The molecule has 0 spiro atoms. The topological polar surface area (TPSA) is 80.5 Å². The van der Waals surface area contributed by atoms with Crippen LogP contribution in [-0.2, 0) is 19.9 Å². The van der Waals surface area contributed by atoms with Crippen molar-refractivity contribution in [1.82, 2.24) is 14.5 Å². The number of anilines is 1. The Balaban J connectivity index is 1.39. The summed E-state index contributed by atoms with van der Waals surface area (Å²) in [6.07, 6.45) is 7.86. The number of hydrogen-bond donors (Lipinski definition) is 1. The quantitative estimate of drug-likeness (QED) is 0.382. The monoisotopic (exact) mass is 470 g/mol. The van der Waals surface area contributed by atoms with E-state index in [1.807, 2.05) is 24.3 Å². The molecule has 1 saturated heterocycles. The number of aromatic nitrogens is 3. The highest BCUT2D eigenvalue weighted by Gasteiger charge is 2.30. The number of para-hydroxylation sites is 2.